The summed E-state index contributed by atoms with van der Waals surface area (Å²) in [6, 6.07) is 12.6. The fourth-order valence-electron chi connectivity index (χ4n) is 2.70. The largest absolute Gasteiger partial charge is 0.313 e. The molecule has 0 spiro atoms. The van der Waals surface area contributed by atoms with Gasteiger partial charge in [-0.3, -0.25) is 4.40 Å². The quantitative estimate of drug-likeness (QED) is 0.541. The molecule has 23 heavy (non-hydrogen) atoms. The van der Waals surface area contributed by atoms with Gasteiger partial charge in [-0.05, 0) is 54.1 Å². The molecule has 3 nitrogen and oxygen atoms in total. The number of nitrogens with zero attached hydrogens (tertiary/aromatic N) is 3. The van der Waals surface area contributed by atoms with E-state index in [1.165, 1.54) is 24.3 Å². The van der Waals surface area contributed by atoms with Crippen LogP contribution in [0.2, 0.25) is 0 Å². The van der Waals surface area contributed by atoms with Gasteiger partial charge in [0.15, 0.2) is 0 Å². The monoisotopic (exact) mass is 309 g/mol. The molecule has 0 unspecified atom stereocenters. The van der Waals surface area contributed by atoms with Crippen LogP contribution in [-0.2, 0) is 7.05 Å². The van der Waals surface area contributed by atoms with E-state index in [2.05, 4.69) is 4.98 Å². The van der Waals surface area contributed by atoms with Gasteiger partial charge in [0.2, 0.25) is 5.78 Å². The van der Waals surface area contributed by atoms with Crippen LogP contribution in [-0.4, -0.2) is 14.0 Å². The van der Waals surface area contributed by atoms with Gasteiger partial charge in [-0.2, -0.15) is 0 Å². The van der Waals surface area contributed by atoms with Crippen molar-refractivity contribution in [2.24, 2.45) is 7.05 Å². The van der Waals surface area contributed by atoms with Gasteiger partial charge in [0.1, 0.15) is 11.6 Å². The molecule has 0 radical (unpaired) electrons. The highest BCUT2D eigenvalue weighted by Gasteiger charge is 2.12. The lowest BCUT2D eigenvalue weighted by Crippen LogP contribution is -1.92. The minimum Gasteiger partial charge on any atom is -0.313 e. The summed E-state index contributed by atoms with van der Waals surface area (Å²) in [5.41, 5.74) is 3.50. The molecule has 0 aliphatic rings. The number of imidazole rings is 2. The molecule has 0 saturated heterocycles. The summed E-state index contributed by atoms with van der Waals surface area (Å²) < 4.78 is 29.9. The molecule has 5 heteroatoms. The van der Waals surface area contributed by atoms with Crippen molar-refractivity contribution in [1.29, 1.82) is 0 Å². The molecule has 2 aromatic heterocycles. The second kappa shape index (κ2) is 5.05. The Balaban J connectivity index is 1.80. The lowest BCUT2D eigenvalue weighted by atomic mass is 10.1. The summed E-state index contributed by atoms with van der Waals surface area (Å²) in [5.74, 6) is 0.242. The van der Waals surface area contributed by atoms with Crippen LogP contribution in [0.15, 0.2) is 60.9 Å². The number of fused-ring (bicyclic) bond motifs is 1. The Kier molecular flexibility index (Phi) is 3.01. The first-order valence-corrected chi connectivity index (χ1v) is 7.18. The molecule has 0 N–H and O–H groups in total. The molecular weight excluding hydrogens is 296 g/mol. The lowest BCUT2D eigenvalue weighted by molar-refractivity contribution is 0.627. The number of aryl methyl sites for hydroxylation is 1. The molecule has 0 fully saturated rings. The Morgan fingerprint density at radius 3 is 1.91 bits per heavy atom. The van der Waals surface area contributed by atoms with Crippen LogP contribution in [0.25, 0.3) is 28.3 Å². The Morgan fingerprint density at radius 2 is 1.35 bits per heavy atom. The Morgan fingerprint density at radius 1 is 0.783 bits per heavy atom. The third kappa shape index (κ3) is 2.30. The zero-order valence-electron chi connectivity index (χ0n) is 12.4. The number of halogens is 2. The van der Waals surface area contributed by atoms with Gasteiger partial charge in [-0.25, -0.2) is 13.8 Å². The van der Waals surface area contributed by atoms with Crippen molar-refractivity contribution in [3.63, 3.8) is 0 Å². The highest BCUT2D eigenvalue weighted by molar-refractivity contribution is 5.66. The second-order valence-electron chi connectivity index (χ2n) is 5.42. The summed E-state index contributed by atoms with van der Waals surface area (Å²) in [6.07, 6.45) is 3.85. The predicted octanol–water partition coefficient (Wildman–Crippen LogP) is 4.29. The van der Waals surface area contributed by atoms with Gasteiger partial charge in [0.05, 0.1) is 11.4 Å². The topological polar surface area (TPSA) is 22.2 Å². The third-order valence-electron chi connectivity index (χ3n) is 3.92. The van der Waals surface area contributed by atoms with E-state index >= 15 is 0 Å². The molecule has 0 aliphatic heterocycles. The zero-order chi connectivity index (χ0) is 16.0. The molecule has 2 aromatic carbocycles. The van der Waals surface area contributed by atoms with E-state index in [0.717, 1.165) is 28.3 Å². The molecule has 0 saturated carbocycles. The lowest BCUT2D eigenvalue weighted by Gasteiger charge is -2.02. The Labute approximate surface area is 131 Å². The van der Waals surface area contributed by atoms with Crippen LogP contribution in [0.5, 0.6) is 0 Å². The maximum atomic E-state index is 13.1. The van der Waals surface area contributed by atoms with E-state index in [1.54, 1.807) is 24.3 Å². The van der Waals surface area contributed by atoms with Crippen LogP contribution in [0.1, 0.15) is 0 Å². The highest BCUT2D eigenvalue weighted by Crippen LogP contribution is 2.25. The van der Waals surface area contributed by atoms with Gasteiger partial charge in [-0.1, -0.05) is 0 Å². The first kappa shape index (κ1) is 13.7. The van der Waals surface area contributed by atoms with Gasteiger partial charge in [-0.15, -0.1) is 0 Å². The van der Waals surface area contributed by atoms with E-state index < -0.39 is 0 Å². The van der Waals surface area contributed by atoms with Crippen LogP contribution in [0.4, 0.5) is 8.78 Å². The van der Waals surface area contributed by atoms with Gasteiger partial charge in [0, 0.05) is 25.0 Å². The van der Waals surface area contributed by atoms with Gasteiger partial charge >= 0.3 is 0 Å². The van der Waals surface area contributed by atoms with Crippen LogP contribution in [0, 0.1) is 11.6 Å². The van der Waals surface area contributed by atoms with Crippen molar-refractivity contribution in [3.05, 3.63) is 72.6 Å². The number of rotatable bonds is 2. The van der Waals surface area contributed by atoms with Gasteiger partial charge < -0.3 is 4.57 Å². The predicted molar refractivity (Wildman–Crippen MR) is 85.0 cm³/mol. The summed E-state index contributed by atoms with van der Waals surface area (Å²) in [7, 11) is 1.91. The fourth-order valence-corrected chi connectivity index (χ4v) is 2.70. The average Bonchev–Trinajstić information content (AvgIpc) is 3.09. The SMILES string of the molecule is Cn1c(-c2ccc(F)cc2)cn2cc(-c3ccc(F)cc3)nc12. The number of hydrogen-bond donors (Lipinski definition) is 0. The molecule has 0 bridgehead atoms. The van der Waals surface area contributed by atoms with Crippen molar-refractivity contribution in [2.45, 2.75) is 0 Å². The van der Waals surface area contributed by atoms with E-state index in [1.807, 2.05) is 28.4 Å². The fraction of sp³-hybridized carbons (Fsp3) is 0.0556. The summed E-state index contributed by atoms with van der Waals surface area (Å²) >= 11 is 0. The summed E-state index contributed by atoms with van der Waals surface area (Å²) in [4.78, 5) is 4.61. The van der Waals surface area contributed by atoms with Gasteiger partial charge in [0.25, 0.3) is 0 Å². The summed E-state index contributed by atoms with van der Waals surface area (Å²) in [6.45, 7) is 0. The highest BCUT2D eigenvalue weighted by atomic mass is 19.1. The Hall–Kier alpha value is -2.95. The van der Waals surface area contributed by atoms with Crippen LogP contribution in [0.3, 0.4) is 0 Å². The number of hydrogen-bond acceptors (Lipinski definition) is 1. The maximum Gasteiger partial charge on any atom is 0.214 e. The number of aromatic nitrogens is 3. The minimum absolute atomic E-state index is 0.258. The number of benzene rings is 2. The Bertz CT molecular complexity index is 980. The molecule has 0 aliphatic carbocycles. The van der Waals surface area contributed by atoms with Crippen molar-refractivity contribution < 1.29 is 8.78 Å². The third-order valence-corrected chi connectivity index (χ3v) is 3.92. The first-order valence-electron chi connectivity index (χ1n) is 7.18. The molecule has 2 heterocycles. The summed E-state index contributed by atoms with van der Waals surface area (Å²) in [5, 5.41) is 0. The smallest absolute Gasteiger partial charge is 0.214 e. The molecule has 114 valence electrons. The standard InChI is InChI=1S/C18H13F2N3/c1-22-17(13-4-8-15(20)9-5-13)11-23-10-16(21-18(22)23)12-2-6-14(19)7-3-12/h2-11H,1H3. The van der Waals surface area contributed by atoms with E-state index in [4.69, 9.17) is 0 Å². The maximum absolute atomic E-state index is 13.1. The minimum atomic E-state index is -0.267. The van der Waals surface area contributed by atoms with E-state index in [-0.39, 0.29) is 11.6 Å². The second-order valence-corrected chi connectivity index (χ2v) is 5.42. The molecule has 4 aromatic rings. The van der Waals surface area contributed by atoms with E-state index in [9.17, 15) is 8.78 Å². The van der Waals surface area contributed by atoms with Crippen molar-refractivity contribution in [1.82, 2.24) is 14.0 Å². The average molecular weight is 309 g/mol. The van der Waals surface area contributed by atoms with Crippen molar-refractivity contribution >= 4 is 5.78 Å². The van der Waals surface area contributed by atoms with Crippen molar-refractivity contribution in [2.75, 3.05) is 0 Å². The van der Waals surface area contributed by atoms with Crippen molar-refractivity contribution in [3.8, 4) is 22.5 Å². The van der Waals surface area contributed by atoms with Crippen LogP contribution < -0.4 is 0 Å². The normalized spacial score (nSPS) is 11.3. The molecular formula is C18H13F2N3. The molecule has 0 atom stereocenters. The molecule has 4 rings (SSSR count). The van der Waals surface area contributed by atoms with Crippen LogP contribution >= 0.6 is 0 Å². The zero-order valence-corrected chi connectivity index (χ0v) is 12.4. The van der Waals surface area contributed by atoms with E-state index in [0.29, 0.717) is 0 Å². The first-order chi connectivity index (χ1) is 11.1. The molecule has 0 amide bonds.